The van der Waals surface area contributed by atoms with Gasteiger partial charge in [0.15, 0.2) is 28.8 Å². The zero-order chi connectivity index (χ0) is 20.9. The van der Waals surface area contributed by atoms with Gasteiger partial charge < -0.3 is 28.2 Å². The standard InChI is InChI=1S/C22H21NO7/c1-25-17-5-3-14(9-20(17)26-2)10-22(24)29-13-16-12-19(30-23-16)15-4-6-18-21(11-15)28-8-7-27-18/h3-6,9,11-12H,7-8,10,13H2,1-2H3. The number of rotatable bonds is 7. The van der Waals surface area contributed by atoms with Gasteiger partial charge in [-0.3, -0.25) is 4.79 Å². The van der Waals surface area contributed by atoms with Crippen molar-refractivity contribution >= 4 is 5.97 Å². The van der Waals surface area contributed by atoms with Crippen molar-refractivity contribution in [2.75, 3.05) is 27.4 Å². The number of fused-ring (bicyclic) bond motifs is 1. The van der Waals surface area contributed by atoms with Crippen LogP contribution in [0.2, 0.25) is 0 Å². The van der Waals surface area contributed by atoms with Gasteiger partial charge in [0.2, 0.25) is 0 Å². The van der Waals surface area contributed by atoms with Gasteiger partial charge in [-0.1, -0.05) is 11.2 Å². The van der Waals surface area contributed by atoms with E-state index < -0.39 is 0 Å². The van der Waals surface area contributed by atoms with Crippen LogP contribution in [0.1, 0.15) is 11.3 Å². The number of hydrogen-bond donors (Lipinski definition) is 0. The van der Waals surface area contributed by atoms with Crippen molar-refractivity contribution in [1.82, 2.24) is 5.16 Å². The summed E-state index contributed by atoms with van der Waals surface area (Å²) in [7, 11) is 3.10. The third-order valence-electron chi connectivity index (χ3n) is 4.56. The maximum Gasteiger partial charge on any atom is 0.310 e. The molecule has 156 valence electrons. The molecule has 0 atom stereocenters. The lowest BCUT2D eigenvalue weighted by atomic mass is 10.1. The van der Waals surface area contributed by atoms with Gasteiger partial charge in [-0.2, -0.15) is 0 Å². The van der Waals surface area contributed by atoms with E-state index >= 15 is 0 Å². The first-order valence-corrected chi connectivity index (χ1v) is 9.38. The summed E-state index contributed by atoms with van der Waals surface area (Å²) < 4.78 is 32.3. The van der Waals surface area contributed by atoms with Crippen LogP contribution >= 0.6 is 0 Å². The summed E-state index contributed by atoms with van der Waals surface area (Å²) in [4.78, 5) is 12.2. The molecule has 0 saturated heterocycles. The van der Waals surface area contributed by atoms with Crippen molar-refractivity contribution in [3.05, 3.63) is 53.7 Å². The summed E-state index contributed by atoms with van der Waals surface area (Å²) in [6.07, 6.45) is 0.104. The lowest BCUT2D eigenvalue weighted by molar-refractivity contribution is -0.144. The smallest absolute Gasteiger partial charge is 0.310 e. The number of hydrogen-bond acceptors (Lipinski definition) is 8. The number of esters is 1. The van der Waals surface area contributed by atoms with E-state index in [1.807, 2.05) is 18.2 Å². The van der Waals surface area contributed by atoms with Gasteiger partial charge in [0.25, 0.3) is 0 Å². The summed E-state index contributed by atoms with van der Waals surface area (Å²) >= 11 is 0. The first-order chi connectivity index (χ1) is 14.7. The molecule has 0 radical (unpaired) electrons. The molecule has 2 aromatic carbocycles. The number of methoxy groups -OCH3 is 2. The molecule has 1 aromatic heterocycles. The average Bonchev–Trinajstić information content (AvgIpc) is 3.26. The lowest BCUT2D eigenvalue weighted by Crippen LogP contribution is -2.15. The fourth-order valence-electron chi connectivity index (χ4n) is 3.08. The van der Waals surface area contributed by atoms with E-state index in [9.17, 15) is 4.79 Å². The van der Waals surface area contributed by atoms with Crippen LogP contribution in [-0.2, 0) is 22.6 Å². The van der Waals surface area contributed by atoms with Crippen LogP contribution in [0.25, 0.3) is 11.3 Å². The number of nitrogens with zero attached hydrogens (tertiary/aromatic N) is 1. The Labute approximate surface area is 173 Å². The molecule has 1 aliphatic heterocycles. The Bertz CT molecular complexity index is 1040. The van der Waals surface area contributed by atoms with Crippen molar-refractivity contribution in [2.24, 2.45) is 0 Å². The van der Waals surface area contributed by atoms with E-state index in [0.717, 1.165) is 11.1 Å². The summed E-state index contributed by atoms with van der Waals surface area (Å²) in [5.74, 6) is 2.70. The molecule has 0 aliphatic carbocycles. The molecule has 4 rings (SSSR count). The van der Waals surface area contributed by atoms with E-state index in [4.69, 9.17) is 28.2 Å². The molecule has 8 nitrogen and oxygen atoms in total. The molecular formula is C22H21NO7. The molecule has 0 saturated carbocycles. The first-order valence-electron chi connectivity index (χ1n) is 9.38. The normalized spacial score (nSPS) is 12.3. The van der Waals surface area contributed by atoms with Crippen LogP contribution in [-0.4, -0.2) is 38.6 Å². The molecule has 1 aliphatic rings. The second-order valence-corrected chi connectivity index (χ2v) is 6.57. The number of benzene rings is 2. The van der Waals surface area contributed by atoms with Gasteiger partial charge in [0, 0.05) is 11.6 Å². The number of carbonyl (C=O) groups is 1. The van der Waals surface area contributed by atoms with Gasteiger partial charge in [0.05, 0.1) is 20.6 Å². The maximum atomic E-state index is 12.2. The second-order valence-electron chi connectivity index (χ2n) is 6.57. The summed E-state index contributed by atoms with van der Waals surface area (Å²) in [5.41, 5.74) is 2.07. The fourth-order valence-corrected chi connectivity index (χ4v) is 3.08. The van der Waals surface area contributed by atoms with Crippen molar-refractivity contribution in [3.8, 4) is 34.3 Å². The third-order valence-corrected chi connectivity index (χ3v) is 4.56. The molecule has 30 heavy (non-hydrogen) atoms. The van der Waals surface area contributed by atoms with Crippen LogP contribution < -0.4 is 18.9 Å². The highest BCUT2D eigenvalue weighted by Gasteiger charge is 2.16. The molecule has 0 fully saturated rings. The Balaban J connectivity index is 1.36. The highest BCUT2D eigenvalue weighted by molar-refractivity contribution is 5.73. The van der Waals surface area contributed by atoms with E-state index in [1.54, 1.807) is 38.5 Å². The highest BCUT2D eigenvalue weighted by atomic mass is 16.6. The molecule has 3 aromatic rings. The summed E-state index contributed by atoms with van der Waals surface area (Å²) in [6.45, 7) is 1.06. The Kier molecular flexibility index (Phi) is 5.74. The topological polar surface area (TPSA) is 89.3 Å². The van der Waals surface area contributed by atoms with E-state index in [0.29, 0.717) is 47.7 Å². The Morgan fingerprint density at radius 1 is 0.967 bits per heavy atom. The van der Waals surface area contributed by atoms with Crippen molar-refractivity contribution in [3.63, 3.8) is 0 Å². The Morgan fingerprint density at radius 3 is 2.57 bits per heavy atom. The van der Waals surface area contributed by atoms with Crippen molar-refractivity contribution < 1.29 is 33.0 Å². The Morgan fingerprint density at radius 2 is 1.77 bits per heavy atom. The van der Waals surface area contributed by atoms with E-state index in [1.165, 1.54) is 0 Å². The third kappa shape index (κ3) is 4.32. The molecule has 0 bridgehead atoms. The minimum Gasteiger partial charge on any atom is -0.493 e. The minimum absolute atomic E-state index is 0.0141. The van der Waals surface area contributed by atoms with Crippen LogP contribution in [0.15, 0.2) is 47.0 Å². The quantitative estimate of drug-likeness (QED) is 0.547. The highest BCUT2D eigenvalue weighted by Crippen LogP contribution is 2.34. The zero-order valence-electron chi connectivity index (χ0n) is 16.7. The molecule has 8 heteroatoms. The van der Waals surface area contributed by atoms with Gasteiger partial charge >= 0.3 is 5.97 Å². The monoisotopic (exact) mass is 411 g/mol. The van der Waals surface area contributed by atoms with Gasteiger partial charge in [-0.25, -0.2) is 0 Å². The minimum atomic E-state index is -0.383. The predicted molar refractivity (Wildman–Crippen MR) is 106 cm³/mol. The summed E-state index contributed by atoms with van der Waals surface area (Å²) in [6, 6.07) is 12.5. The largest absolute Gasteiger partial charge is 0.493 e. The van der Waals surface area contributed by atoms with Crippen molar-refractivity contribution in [2.45, 2.75) is 13.0 Å². The number of carbonyl (C=O) groups excluding carboxylic acids is 1. The molecule has 2 heterocycles. The number of aromatic nitrogens is 1. The lowest BCUT2D eigenvalue weighted by Gasteiger charge is -2.18. The van der Waals surface area contributed by atoms with Gasteiger partial charge in [0.1, 0.15) is 25.5 Å². The van der Waals surface area contributed by atoms with Crippen molar-refractivity contribution in [1.29, 1.82) is 0 Å². The van der Waals surface area contributed by atoms with Gasteiger partial charge in [-0.15, -0.1) is 0 Å². The van der Waals surface area contributed by atoms with Crippen LogP contribution in [0.5, 0.6) is 23.0 Å². The molecule has 0 spiro atoms. The molecular weight excluding hydrogens is 390 g/mol. The van der Waals surface area contributed by atoms with Crippen LogP contribution in [0.4, 0.5) is 0 Å². The van der Waals surface area contributed by atoms with Gasteiger partial charge in [-0.05, 0) is 35.9 Å². The van der Waals surface area contributed by atoms with Crippen LogP contribution in [0.3, 0.4) is 0 Å². The fraction of sp³-hybridized carbons (Fsp3) is 0.273. The average molecular weight is 411 g/mol. The number of ether oxygens (including phenoxy) is 5. The molecule has 0 N–H and O–H groups in total. The summed E-state index contributed by atoms with van der Waals surface area (Å²) in [5, 5.41) is 3.97. The van der Waals surface area contributed by atoms with E-state index in [2.05, 4.69) is 5.16 Å². The predicted octanol–water partition coefficient (Wildman–Crippen LogP) is 3.42. The molecule has 0 unspecified atom stereocenters. The Hall–Kier alpha value is -3.68. The first kappa shape index (κ1) is 19.6. The zero-order valence-corrected chi connectivity index (χ0v) is 16.7. The second kappa shape index (κ2) is 8.77. The maximum absolute atomic E-state index is 12.2. The SMILES string of the molecule is COc1ccc(CC(=O)OCc2cc(-c3ccc4c(c3)OCCO4)on2)cc1OC. The molecule has 0 amide bonds. The van der Waals surface area contributed by atoms with Crippen LogP contribution in [0, 0.1) is 0 Å². The van der Waals surface area contributed by atoms with E-state index in [-0.39, 0.29) is 19.0 Å².